The van der Waals surface area contributed by atoms with E-state index in [-0.39, 0.29) is 5.91 Å². The minimum absolute atomic E-state index is 0.0275. The monoisotopic (exact) mass is 381 g/mol. The van der Waals surface area contributed by atoms with Crippen molar-refractivity contribution in [1.82, 2.24) is 9.88 Å². The highest BCUT2D eigenvalue weighted by molar-refractivity contribution is 5.92. The second-order valence-electron chi connectivity index (χ2n) is 6.61. The van der Waals surface area contributed by atoms with E-state index in [0.29, 0.717) is 25.4 Å². The maximum atomic E-state index is 12.5. The number of amides is 1. The standard InChI is InChI=1S/C22H27N3O3/c1-3-16-28-20-6-4-18(17-21(20)27-2)5-7-22(26)25-14-12-24(13-15-25)19-8-10-23-11-9-19/h4-11,17H,3,12-16H2,1-2H3/b7-5+. The molecule has 2 heterocycles. The fraction of sp³-hybridized carbons (Fsp3) is 0.364. The summed E-state index contributed by atoms with van der Waals surface area (Å²) in [4.78, 5) is 20.7. The van der Waals surface area contributed by atoms with Crippen LogP contribution in [0.3, 0.4) is 0 Å². The summed E-state index contributed by atoms with van der Waals surface area (Å²) >= 11 is 0. The lowest BCUT2D eigenvalue weighted by atomic mass is 10.1. The number of aromatic nitrogens is 1. The number of benzene rings is 1. The van der Waals surface area contributed by atoms with Gasteiger partial charge in [-0.25, -0.2) is 0 Å². The topological polar surface area (TPSA) is 54.9 Å². The van der Waals surface area contributed by atoms with Crippen molar-refractivity contribution in [3.05, 3.63) is 54.4 Å². The average molecular weight is 381 g/mol. The minimum Gasteiger partial charge on any atom is -0.493 e. The van der Waals surface area contributed by atoms with E-state index in [4.69, 9.17) is 9.47 Å². The molecule has 0 N–H and O–H groups in total. The molecule has 1 aliphatic heterocycles. The molecule has 6 heteroatoms. The second-order valence-corrected chi connectivity index (χ2v) is 6.61. The first-order valence-corrected chi connectivity index (χ1v) is 9.64. The summed E-state index contributed by atoms with van der Waals surface area (Å²) < 4.78 is 11.1. The molecule has 1 saturated heterocycles. The normalized spacial score (nSPS) is 14.4. The smallest absolute Gasteiger partial charge is 0.246 e. The molecule has 0 saturated carbocycles. The van der Waals surface area contributed by atoms with Crippen LogP contribution in [-0.2, 0) is 4.79 Å². The maximum absolute atomic E-state index is 12.5. The largest absolute Gasteiger partial charge is 0.493 e. The van der Waals surface area contributed by atoms with Crippen LogP contribution in [0.25, 0.3) is 6.08 Å². The number of pyridine rings is 1. The number of rotatable bonds is 7. The van der Waals surface area contributed by atoms with Gasteiger partial charge in [-0.05, 0) is 42.3 Å². The van der Waals surface area contributed by atoms with E-state index in [0.717, 1.165) is 36.5 Å². The molecule has 0 spiro atoms. The third kappa shape index (κ3) is 5.03. The van der Waals surface area contributed by atoms with Crippen LogP contribution >= 0.6 is 0 Å². The summed E-state index contributed by atoms with van der Waals surface area (Å²) in [6, 6.07) is 9.69. The van der Waals surface area contributed by atoms with Crippen LogP contribution in [0.15, 0.2) is 48.8 Å². The van der Waals surface area contributed by atoms with Crippen LogP contribution < -0.4 is 14.4 Å². The van der Waals surface area contributed by atoms with E-state index in [2.05, 4.69) is 16.8 Å². The van der Waals surface area contributed by atoms with Gasteiger partial charge in [0, 0.05) is 50.3 Å². The Bertz CT molecular complexity index is 800. The fourth-order valence-corrected chi connectivity index (χ4v) is 3.13. The zero-order valence-corrected chi connectivity index (χ0v) is 16.5. The van der Waals surface area contributed by atoms with Gasteiger partial charge in [-0.2, -0.15) is 0 Å². The lowest BCUT2D eigenvalue weighted by Gasteiger charge is -2.35. The Balaban J connectivity index is 1.57. The summed E-state index contributed by atoms with van der Waals surface area (Å²) in [6.07, 6.45) is 7.98. The van der Waals surface area contributed by atoms with E-state index in [1.165, 1.54) is 0 Å². The molecule has 1 aliphatic rings. The van der Waals surface area contributed by atoms with Gasteiger partial charge in [0.05, 0.1) is 13.7 Å². The Hall–Kier alpha value is -3.02. The van der Waals surface area contributed by atoms with E-state index in [9.17, 15) is 4.79 Å². The highest BCUT2D eigenvalue weighted by Gasteiger charge is 2.19. The number of hydrogen-bond donors (Lipinski definition) is 0. The lowest BCUT2D eigenvalue weighted by molar-refractivity contribution is -0.126. The number of methoxy groups -OCH3 is 1. The molecule has 0 radical (unpaired) electrons. The number of carbonyl (C=O) groups excluding carboxylic acids is 1. The molecule has 6 nitrogen and oxygen atoms in total. The van der Waals surface area contributed by atoms with Gasteiger partial charge in [-0.1, -0.05) is 13.0 Å². The van der Waals surface area contributed by atoms with Gasteiger partial charge in [0.2, 0.25) is 5.91 Å². The number of carbonyl (C=O) groups is 1. The molecular weight excluding hydrogens is 354 g/mol. The third-order valence-corrected chi connectivity index (χ3v) is 4.69. The van der Waals surface area contributed by atoms with E-state index < -0.39 is 0 Å². The first-order chi connectivity index (χ1) is 13.7. The predicted octanol–water partition coefficient (Wildman–Crippen LogP) is 3.24. The quantitative estimate of drug-likeness (QED) is 0.689. The molecule has 1 aromatic carbocycles. The van der Waals surface area contributed by atoms with E-state index >= 15 is 0 Å². The Labute approximate surface area is 166 Å². The first kappa shape index (κ1) is 19.7. The van der Waals surface area contributed by atoms with Crippen LogP contribution in [0.2, 0.25) is 0 Å². The Morgan fingerprint density at radius 3 is 2.54 bits per heavy atom. The van der Waals surface area contributed by atoms with Crippen molar-refractivity contribution in [2.45, 2.75) is 13.3 Å². The predicted molar refractivity (Wildman–Crippen MR) is 111 cm³/mol. The number of anilines is 1. The second kappa shape index (κ2) is 9.78. The van der Waals surface area contributed by atoms with Crippen molar-refractivity contribution in [3.63, 3.8) is 0 Å². The number of ether oxygens (including phenoxy) is 2. The number of nitrogens with zero attached hydrogens (tertiary/aromatic N) is 3. The SMILES string of the molecule is CCCOc1ccc(/C=C/C(=O)N2CCN(c3ccncc3)CC2)cc1OC. The molecule has 1 amide bonds. The van der Waals surface area contributed by atoms with Crippen molar-refractivity contribution >= 4 is 17.7 Å². The van der Waals surface area contributed by atoms with Crippen LogP contribution in [0, 0.1) is 0 Å². The van der Waals surface area contributed by atoms with Gasteiger partial charge in [0.25, 0.3) is 0 Å². The first-order valence-electron chi connectivity index (χ1n) is 9.64. The number of piperazine rings is 1. The summed E-state index contributed by atoms with van der Waals surface area (Å²) in [5, 5.41) is 0. The molecule has 1 fully saturated rings. The molecule has 0 aliphatic carbocycles. The van der Waals surface area contributed by atoms with Gasteiger partial charge in [-0.15, -0.1) is 0 Å². The Morgan fingerprint density at radius 1 is 1.11 bits per heavy atom. The zero-order chi connectivity index (χ0) is 19.8. The van der Waals surface area contributed by atoms with Crippen molar-refractivity contribution in [1.29, 1.82) is 0 Å². The van der Waals surface area contributed by atoms with Gasteiger partial charge >= 0.3 is 0 Å². The van der Waals surface area contributed by atoms with Crippen LogP contribution in [0.1, 0.15) is 18.9 Å². The van der Waals surface area contributed by atoms with Crippen molar-refractivity contribution in [2.75, 3.05) is 44.8 Å². The Kier molecular flexibility index (Phi) is 6.89. The van der Waals surface area contributed by atoms with E-state index in [1.807, 2.05) is 41.3 Å². The summed E-state index contributed by atoms with van der Waals surface area (Å²) in [6.45, 7) is 5.76. The maximum Gasteiger partial charge on any atom is 0.246 e. The molecule has 0 unspecified atom stereocenters. The molecule has 3 rings (SSSR count). The van der Waals surface area contributed by atoms with E-state index in [1.54, 1.807) is 25.6 Å². The summed E-state index contributed by atoms with van der Waals surface area (Å²) in [7, 11) is 1.62. The molecule has 0 bridgehead atoms. The van der Waals surface area contributed by atoms with Crippen molar-refractivity contribution in [3.8, 4) is 11.5 Å². The summed E-state index contributed by atoms with van der Waals surface area (Å²) in [5.74, 6) is 1.42. The molecular formula is C22H27N3O3. The molecule has 0 atom stereocenters. The molecule has 2 aromatic rings. The average Bonchev–Trinajstić information content (AvgIpc) is 2.77. The molecule has 28 heavy (non-hydrogen) atoms. The van der Waals surface area contributed by atoms with Crippen molar-refractivity contribution < 1.29 is 14.3 Å². The van der Waals surface area contributed by atoms with Crippen LogP contribution in [0.5, 0.6) is 11.5 Å². The number of hydrogen-bond acceptors (Lipinski definition) is 5. The van der Waals surface area contributed by atoms with Gasteiger partial charge < -0.3 is 19.3 Å². The van der Waals surface area contributed by atoms with Crippen molar-refractivity contribution in [2.24, 2.45) is 0 Å². The molecule has 1 aromatic heterocycles. The van der Waals surface area contributed by atoms with Gasteiger partial charge in [-0.3, -0.25) is 9.78 Å². The zero-order valence-electron chi connectivity index (χ0n) is 16.5. The summed E-state index contributed by atoms with van der Waals surface area (Å²) in [5.41, 5.74) is 2.06. The molecule has 148 valence electrons. The highest BCUT2D eigenvalue weighted by atomic mass is 16.5. The Morgan fingerprint density at radius 2 is 1.86 bits per heavy atom. The third-order valence-electron chi connectivity index (χ3n) is 4.69. The minimum atomic E-state index is 0.0275. The van der Waals surface area contributed by atoms with Gasteiger partial charge in [0.1, 0.15) is 0 Å². The fourth-order valence-electron chi connectivity index (χ4n) is 3.13. The van der Waals surface area contributed by atoms with Gasteiger partial charge in [0.15, 0.2) is 11.5 Å². The lowest BCUT2D eigenvalue weighted by Crippen LogP contribution is -2.48. The highest BCUT2D eigenvalue weighted by Crippen LogP contribution is 2.28. The van der Waals surface area contributed by atoms with Crippen LogP contribution in [0.4, 0.5) is 5.69 Å². The van der Waals surface area contributed by atoms with Crippen LogP contribution in [-0.4, -0.2) is 55.7 Å².